The smallest absolute Gasteiger partial charge is 0.306 e. The lowest BCUT2D eigenvalue weighted by Crippen LogP contribution is -2.43. The number of rotatable bonds is 8. The van der Waals surface area contributed by atoms with Crippen molar-refractivity contribution < 1.29 is 19.5 Å². The van der Waals surface area contributed by atoms with Gasteiger partial charge in [-0.25, -0.2) is 0 Å². The third-order valence-electron chi connectivity index (χ3n) is 4.58. The Balaban J connectivity index is 2.22. The van der Waals surface area contributed by atoms with Crippen LogP contribution in [0.4, 0.5) is 0 Å². The Bertz CT molecular complexity index is 913. The van der Waals surface area contributed by atoms with E-state index in [-0.39, 0.29) is 18.6 Å². The molecule has 0 saturated heterocycles. The predicted molar refractivity (Wildman–Crippen MR) is 104 cm³/mol. The van der Waals surface area contributed by atoms with E-state index in [9.17, 15) is 14.4 Å². The molecule has 0 saturated carbocycles. The van der Waals surface area contributed by atoms with Crippen molar-refractivity contribution >= 4 is 17.7 Å². The van der Waals surface area contributed by atoms with E-state index in [2.05, 4.69) is 5.32 Å². The second-order valence-electron chi connectivity index (χ2n) is 6.76. The first-order valence-electron chi connectivity index (χ1n) is 8.93. The minimum absolute atomic E-state index is 0.167. The largest absolute Gasteiger partial charge is 0.481 e. The average molecular weight is 378 g/mol. The van der Waals surface area contributed by atoms with Gasteiger partial charge in [0.25, 0.3) is 5.91 Å². The summed E-state index contributed by atoms with van der Waals surface area (Å²) in [4.78, 5) is 36.4. The van der Waals surface area contributed by atoms with Crippen LogP contribution in [0.3, 0.4) is 0 Å². The van der Waals surface area contributed by atoms with Crippen molar-refractivity contribution in [3.05, 3.63) is 70.8 Å². The maximum atomic E-state index is 12.7. The lowest BCUT2D eigenvalue weighted by Gasteiger charge is -2.20. The summed E-state index contributed by atoms with van der Waals surface area (Å²) in [6.45, 7) is 3.38. The molecule has 0 radical (unpaired) electrons. The average Bonchev–Trinajstić information content (AvgIpc) is 2.68. The van der Waals surface area contributed by atoms with Crippen LogP contribution in [0.15, 0.2) is 48.5 Å². The zero-order valence-corrected chi connectivity index (χ0v) is 15.8. The molecule has 0 heterocycles. The van der Waals surface area contributed by atoms with Crippen LogP contribution in [0.25, 0.3) is 0 Å². The summed E-state index contributed by atoms with van der Waals surface area (Å²) in [5, 5.41) is 20.7. The second kappa shape index (κ2) is 9.47. The Morgan fingerprint density at radius 3 is 2.32 bits per heavy atom. The SMILES string of the molecule is Cc1ccccc1CC(NC(=O)c1ccc(C#N)cc1)C(=O)CC(C)C(=O)O. The van der Waals surface area contributed by atoms with Gasteiger partial charge in [0.05, 0.1) is 23.6 Å². The number of nitrogens with one attached hydrogen (secondary N) is 1. The van der Waals surface area contributed by atoms with Gasteiger partial charge >= 0.3 is 5.97 Å². The fourth-order valence-electron chi connectivity index (χ4n) is 2.77. The Kier molecular flexibility index (Phi) is 7.05. The van der Waals surface area contributed by atoms with Crippen LogP contribution in [-0.2, 0) is 16.0 Å². The van der Waals surface area contributed by atoms with Gasteiger partial charge in [0.1, 0.15) is 0 Å². The number of ketones is 1. The molecule has 0 spiro atoms. The molecule has 2 atom stereocenters. The molecule has 0 fully saturated rings. The summed E-state index contributed by atoms with van der Waals surface area (Å²) in [5.74, 6) is -2.67. The van der Waals surface area contributed by atoms with Gasteiger partial charge in [0, 0.05) is 18.4 Å². The molecule has 2 aromatic carbocycles. The highest BCUT2D eigenvalue weighted by atomic mass is 16.4. The maximum Gasteiger partial charge on any atom is 0.306 e. The second-order valence-corrected chi connectivity index (χ2v) is 6.76. The fraction of sp³-hybridized carbons (Fsp3) is 0.273. The van der Waals surface area contributed by atoms with Crippen molar-refractivity contribution in [2.45, 2.75) is 32.7 Å². The first-order chi connectivity index (χ1) is 13.3. The van der Waals surface area contributed by atoms with Gasteiger partial charge in [-0.1, -0.05) is 31.2 Å². The number of hydrogen-bond donors (Lipinski definition) is 2. The van der Waals surface area contributed by atoms with E-state index >= 15 is 0 Å². The molecule has 0 aliphatic heterocycles. The van der Waals surface area contributed by atoms with E-state index in [1.165, 1.54) is 31.2 Å². The monoisotopic (exact) mass is 378 g/mol. The van der Waals surface area contributed by atoms with Crippen molar-refractivity contribution in [1.82, 2.24) is 5.32 Å². The van der Waals surface area contributed by atoms with Crippen LogP contribution in [0.1, 0.15) is 40.4 Å². The molecule has 2 rings (SSSR count). The number of nitrogens with zero attached hydrogens (tertiary/aromatic N) is 1. The molecule has 1 amide bonds. The number of carbonyl (C=O) groups is 3. The van der Waals surface area contributed by atoms with Crippen molar-refractivity contribution in [1.29, 1.82) is 5.26 Å². The van der Waals surface area contributed by atoms with E-state index in [4.69, 9.17) is 10.4 Å². The number of aliphatic carboxylic acids is 1. The highest BCUT2D eigenvalue weighted by Gasteiger charge is 2.26. The Morgan fingerprint density at radius 2 is 1.75 bits per heavy atom. The zero-order valence-electron chi connectivity index (χ0n) is 15.8. The quantitative estimate of drug-likeness (QED) is 0.734. The summed E-state index contributed by atoms with van der Waals surface area (Å²) in [6, 6.07) is 14.8. The molecule has 2 aromatic rings. The Hall–Kier alpha value is -3.46. The molecule has 6 heteroatoms. The topological polar surface area (TPSA) is 107 Å². The number of carboxylic acid groups (broad SMARTS) is 1. The molecular formula is C22H22N2O4. The highest BCUT2D eigenvalue weighted by Crippen LogP contribution is 2.14. The summed E-state index contributed by atoms with van der Waals surface area (Å²) in [7, 11) is 0. The number of carbonyl (C=O) groups excluding carboxylic acids is 2. The molecule has 144 valence electrons. The molecule has 0 aliphatic rings. The van der Waals surface area contributed by atoms with Gasteiger partial charge in [0.15, 0.2) is 5.78 Å². The van der Waals surface area contributed by atoms with E-state index in [0.717, 1.165) is 11.1 Å². The van der Waals surface area contributed by atoms with E-state index in [0.29, 0.717) is 11.1 Å². The molecule has 28 heavy (non-hydrogen) atoms. The van der Waals surface area contributed by atoms with Crippen LogP contribution in [0, 0.1) is 24.2 Å². The molecule has 0 aliphatic carbocycles. The van der Waals surface area contributed by atoms with Gasteiger partial charge in [-0.05, 0) is 42.3 Å². The van der Waals surface area contributed by atoms with Crippen LogP contribution in [-0.4, -0.2) is 28.8 Å². The molecule has 2 unspecified atom stereocenters. The van der Waals surface area contributed by atoms with Crippen molar-refractivity contribution in [3.63, 3.8) is 0 Å². The minimum Gasteiger partial charge on any atom is -0.481 e. The maximum absolute atomic E-state index is 12.7. The number of hydrogen-bond acceptors (Lipinski definition) is 4. The lowest BCUT2D eigenvalue weighted by molar-refractivity contribution is -0.143. The highest BCUT2D eigenvalue weighted by molar-refractivity contribution is 5.98. The standard InChI is InChI=1S/C22H22N2O4/c1-14-5-3-4-6-18(14)12-19(20(25)11-15(2)22(27)28)24-21(26)17-9-7-16(13-23)8-10-17/h3-10,15,19H,11-12H2,1-2H3,(H,24,26)(H,27,28). The van der Waals surface area contributed by atoms with Crippen LogP contribution < -0.4 is 5.32 Å². The fourth-order valence-corrected chi connectivity index (χ4v) is 2.77. The molecular weight excluding hydrogens is 356 g/mol. The molecule has 6 nitrogen and oxygen atoms in total. The molecule has 2 N–H and O–H groups in total. The van der Waals surface area contributed by atoms with Crippen molar-refractivity contribution in [3.8, 4) is 6.07 Å². The van der Waals surface area contributed by atoms with Crippen LogP contribution in [0.5, 0.6) is 0 Å². The van der Waals surface area contributed by atoms with Crippen LogP contribution >= 0.6 is 0 Å². The number of Topliss-reactive ketones (excluding diaryl/α,β-unsaturated/α-hetero) is 1. The Morgan fingerprint density at radius 1 is 1.11 bits per heavy atom. The van der Waals surface area contributed by atoms with Gasteiger partial charge < -0.3 is 10.4 Å². The molecule has 0 aromatic heterocycles. The van der Waals surface area contributed by atoms with Gasteiger partial charge in [0.2, 0.25) is 0 Å². The summed E-state index contributed by atoms with van der Waals surface area (Å²) in [5.41, 5.74) is 2.65. The third-order valence-corrected chi connectivity index (χ3v) is 4.58. The lowest BCUT2D eigenvalue weighted by atomic mass is 9.93. The van der Waals surface area contributed by atoms with Gasteiger partial charge in [-0.15, -0.1) is 0 Å². The number of nitriles is 1. The van der Waals surface area contributed by atoms with E-state index in [1.54, 1.807) is 0 Å². The van der Waals surface area contributed by atoms with Crippen molar-refractivity contribution in [2.75, 3.05) is 0 Å². The number of benzene rings is 2. The first kappa shape index (κ1) is 20.8. The van der Waals surface area contributed by atoms with Crippen molar-refractivity contribution in [2.24, 2.45) is 5.92 Å². The Labute approximate surface area is 163 Å². The number of carboxylic acids is 1. The number of aryl methyl sites for hydroxylation is 1. The normalized spacial score (nSPS) is 12.5. The third kappa shape index (κ3) is 5.52. The van der Waals surface area contributed by atoms with Gasteiger partial charge in [-0.3, -0.25) is 14.4 Å². The van der Waals surface area contributed by atoms with E-state index < -0.39 is 23.8 Å². The predicted octanol–water partition coefficient (Wildman–Crippen LogP) is 2.89. The molecule has 0 bridgehead atoms. The minimum atomic E-state index is -1.05. The summed E-state index contributed by atoms with van der Waals surface area (Å²) >= 11 is 0. The summed E-state index contributed by atoms with van der Waals surface area (Å²) in [6.07, 6.45) is 0.111. The van der Waals surface area contributed by atoms with Crippen LogP contribution in [0.2, 0.25) is 0 Å². The zero-order chi connectivity index (χ0) is 20.7. The van der Waals surface area contributed by atoms with Gasteiger partial charge in [-0.2, -0.15) is 5.26 Å². The van der Waals surface area contributed by atoms with E-state index in [1.807, 2.05) is 37.3 Å². The first-order valence-corrected chi connectivity index (χ1v) is 8.93. The number of amides is 1. The summed E-state index contributed by atoms with van der Waals surface area (Å²) < 4.78 is 0.